The minimum Gasteiger partial charge on any atom is -0.450 e. The van der Waals surface area contributed by atoms with Crippen molar-refractivity contribution in [3.63, 3.8) is 0 Å². The number of ether oxygens (including phenoxy) is 1. The Balaban J connectivity index is 1.45. The highest BCUT2D eigenvalue weighted by molar-refractivity contribution is 5.89. The molecule has 0 spiro atoms. The van der Waals surface area contributed by atoms with Gasteiger partial charge in [-0.15, -0.1) is 0 Å². The summed E-state index contributed by atoms with van der Waals surface area (Å²) in [6, 6.07) is 3.78. The molecular formula is C19H26N4O4. The van der Waals surface area contributed by atoms with Gasteiger partial charge >= 0.3 is 6.09 Å². The number of nitrogens with one attached hydrogen (secondary N) is 1. The molecule has 1 unspecified atom stereocenters. The summed E-state index contributed by atoms with van der Waals surface area (Å²) in [6.07, 6.45) is 4.75. The molecule has 0 aromatic carbocycles. The van der Waals surface area contributed by atoms with E-state index in [0.717, 1.165) is 5.56 Å². The Morgan fingerprint density at radius 1 is 1.26 bits per heavy atom. The molecule has 0 aliphatic carbocycles. The Morgan fingerprint density at radius 2 is 1.96 bits per heavy atom. The Bertz CT molecular complexity index is 674. The highest BCUT2D eigenvalue weighted by Crippen LogP contribution is 2.21. The van der Waals surface area contributed by atoms with Crippen LogP contribution in [0.5, 0.6) is 0 Å². The normalized spacial score (nSPS) is 20.6. The summed E-state index contributed by atoms with van der Waals surface area (Å²) in [7, 11) is 0. The second kappa shape index (κ2) is 8.83. The Labute approximate surface area is 158 Å². The highest BCUT2D eigenvalue weighted by atomic mass is 16.6. The van der Waals surface area contributed by atoms with Gasteiger partial charge in [-0.2, -0.15) is 0 Å². The fraction of sp³-hybridized carbons (Fsp3) is 0.579. The lowest BCUT2D eigenvalue weighted by molar-refractivity contribution is -0.129. The Morgan fingerprint density at radius 3 is 2.63 bits per heavy atom. The number of rotatable bonds is 5. The maximum absolute atomic E-state index is 12.6. The van der Waals surface area contributed by atoms with Gasteiger partial charge in [-0.05, 0) is 37.5 Å². The van der Waals surface area contributed by atoms with Crippen LogP contribution in [0.4, 0.5) is 4.79 Å². The summed E-state index contributed by atoms with van der Waals surface area (Å²) in [5.41, 5.74) is 1.01. The van der Waals surface area contributed by atoms with Crippen molar-refractivity contribution >= 4 is 17.9 Å². The molecule has 3 heterocycles. The second-order valence-electron chi connectivity index (χ2n) is 7.00. The lowest BCUT2D eigenvalue weighted by Gasteiger charge is -2.32. The van der Waals surface area contributed by atoms with E-state index in [4.69, 9.17) is 4.74 Å². The molecule has 2 aliphatic heterocycles. The van der Waals surface area contributed by atoms with E-state index >= 15 is 0 Å². The molecule has 1 N–H and O–H groups in total. The minimum absolute atomic E-state index is 0.00379. The second-order valence-corrected chi connectivity index (χ2v) is 7.00. The minimum atomic E-state index is -0.317. The third kappa shape index (κ3) is 4.96. The van der Waals surface area contributed by atoms with E-state index in [9.17, 15) is 14.4 Å². The molecule has 8 nitrogen and oxygen atoms in total. The molecule has 0 saturated carbocycles. The number of piperidine rings is 1. The fourth-order valence-corrected chi connectivity index (χ4v) is 3.55. The number of hydrogen-bond acceptors (Lipinski definition) is 5. The number of nitrogens with zero attached hydrogens (tertiary/aromatic N) is 3. The number of carbonyl (C=O) groups is 3. The zero-order chi connectivity index (χ0) is 19.2. The molecule has 2 aliphatic rings. The van der Waals surface area contributed by atoms with Crippen molar-refractivity contribution in [1.29, 1.82) is 0 Å². The summed E-state index contributed by atoms with van der Waals surface area (Å²) < 4.78 is 5.00. The molecule has 0 bridgehead atoms. The summed E-state index contributed by atoms with van der Waals surface area (Å²) in [5, 5.41) is 3.05. The van der Waals surface area contributed by atoms with Crippen molar-refractivity contribution in [2.45, 2.75) is 38.8 Å². The number of likely N-dealkylation sites (tertiary alicyclic amines) is 2. The van der Waals surface area contributed by atoms with Crippen LogP contribution in [-0.4, -0.2) is 65.0 Å². The number of hydrogen-bond donors (Lipinski definition) is 1. The molecule has 1 aromatic heterocycles. The van der Waals surface area contributed by atoms with Crippen molar-refractivity contribution in [3.8, 4) is 0 Å². The molecule has 1 aromatic rings. The van der Waals surface area contributed by atoms with Gasteiger partial charge in [0.2, 0.25) is 11.8 Å². The quantitative estimate of drug-likeness (QED) is 0.835. The van der Waals surface area contributed by atoms with Gasteiger partial charge < -0.3 is 19.9 Å². The molecule has 2 saturated heterocycles. The molecule has 27 heavy (non-hydrogen) atoms. The van der Waals surface area contributed by atoms with Crippen LogP contribution in [0.2, 0.25) is 0 Å². The summed E-state index contributed by atoms with van der Waals surface area (Å²) in [6.45, 7) is 4.23. The average Bonchev–Trinajstić information content (AvgIpc) is 3.04. The number of aromatic nitrogens is 1. The van der Waals surface area contributed by atoms with Crippen LogP contribution in [0.1, 0.15) is 31.7 Å². The van der Waals surface area contributed by atoms with Crippen LogP contribution in [0.3, 0.4) is 0 Å². The topological polar surface area (TPSA) is 91.8 Å². The Hall–Kier alpha value is -2.64. The maximum atomic E-state index is 12.6. The first-order valence-corrected chi connectivity index (χ1v) is 9.45. The SMILES string of the molecule is CCOC(=O)N1CCC(NC(=O)C2CC(=O)N(Cc3ccncc3)C2)CC1. The van der Waals surface area contributed by atoms with E-state index in [1.54, 1.807) is 29.1 Å². The van der Waals surface area contributed by atoms with Crippen molar-refractivity contribution in [2.75, 3.05) is 26.2 Å². The van der Waals surface area contributed by atoms with Crippen LogP contribution >= 0.6 is 0 Å². The first kappa shape index (κ1) is 19.1. The van der Waals surface area contributed by atoms with Crippen molar-refractivity contribution < 1.29 is 19.1 Å². The van der Waals surface area contributed by atoms with Gasteiger partial charge in [0.15, 0.2) is 0 Å². The summed E-state index contributed by atoms with van der Waals surface area (Å²) in [4.78, 5) is 43.9. The molecule has 2 fully saturated rings. The van der Waals surface area contributed by atoms with E-state index in [2.05, 4.69) is 10.3 Å². The van der Waals surface area contributed by atoms with E-state index < -0.39 is 0 Å². The van der Waals surface area contributed by atoms with Gasteiger partial charge in [-0.25, -0.2) is 4.79 Å². The predicted molar refractivity (Wildman–Crippen MR) is 97.5 cm³/mol. The van der Waals surface area contributed by atoms with E-state index in [0.29, 0.717) is 45.6 Å². The van der Waals surface area contributed by atoms with E-state index in [1.807, 2.05) is 12.1 Å². The standard InChI is InChI=1S/C19H26N4O4/c1-2-27-19(26)22-9-5-16(6-10-22)21-18(25)15-11-17(24)23(13-15)12-14-3-7-20-8-4-14/h3-4,7-8,15-16H,2,5-6,9-13H2,1H3,(H,21,25). The van der Waals surface area contributed by atoms with Crippen LogP contribution in [-0.2, 0) is 20.9 Å². The fourth-order valence-electron chi connectivity index (χ4n) is 3.55. The summed E-state index contributed by atoms with van der Waals surface area (Å²) >= 11 is 0. The molecule has 3 rings (SSSR count). The van der Waals surface area contributed by atoms with E-state index in [1.165, 1.54) is 0 Å². The van der Waals surface area contributed by atoms with Crippen molar-refractivity contribution in [2.24, 2.45) is 5.92 Å². The first-order chi connectivity index (χ1) is 13.1. The zero-order valence-corrected chi connectivity index (χ0v) is 15.6. The van der Waals surface area contributed by atoms with Gasteiger partial charge in [0.05, 0.1) is 12.5 Å². The van der Waals surface area contributed by atoms with Gasteiger partial charge in [-0.1, -0.05) is 0 Å². The first-order valence-electron chi connectivity index (χ1n) is 9.45. The van der Waals surface area contributed by atoms with E-state index in [-0.39, 0.29) is 36.3 Å². The maximum Gasteiger partial charge on any atom is 0.409 e. The Kier molecular flexibility index (Phi) is 6.26. The highest BCUT2D eigenvalue weighted by Gasteiger charge is 2.35. The van der Waals surface area contributed by atoms with Crippen LogP contribution in [0.15, 0.2) is 24.5 Å². The van der Waals surface area contributed by atoms with Crippen LogP contribution in [0.25, 0.3) is 0 Å². The average molecular weight is 374 g/mol. The molecule has 0 radical (unpaired) electrons. The molecular weight excluding hydrogens is 348 g/mol. The summed E-state index contributed by atoms with van der Waals surface area (Å²) in [5.74, 6) is -0.387. The monoisotopic (exact) mass is 374 g/mol. The molecule has 1 atom stereocenters. The number of pyridine rings is 1. The van der Waals surface area contributed by atoms with Gasteiger partial charge in [0, 0.05) is 51.0 Å². The largest absolute Gasteiger partial charge is 0.450 e. The lowest BCUT2D eigenvalue weighted by Crippen LogP contribution is -2.48. The van der Waals surface area contributed by atoms with Crippen molar-refractivity contribution in [3.05, 3.63) is 30.1 Å². The molecule has 3 amide bonds. The third-order valence-corrected chi connectivity index (χ3v) is 5.08. The third-order valence-electron chi connectivity index (χ3n) is 5.08. The van der Waals surface area contributed by atoms with Crippen molar-refractivity contribution in [1.82, 2.24) is 20.1 Å². The number of carbonyl (C=O) groups excluding carboxylic acids is 3. The number of amides is 3. The predicted octanol–water partition coefficient (Wildman–Crippen LogP) is 1.17. The zero-order valence-electron chi connectivity index (χ0n) is 15.6. The smallest absolute Gasteiger partial charge is 0.409 e. The van der Waals surface area contributed by atoms with Gasteiger partial charge in [0.1, 0.15) is 0 Å². The van der Waals surface area contributed by atoms with Gasteiger partial charge in [-0.3, -0.25) is 14.6 Å². The van der Waals surface area contributed by atoms with Crippen LogP contribution < -0.4 is 5.32 Å². The van der Waals surface area contributed by atoms with Gasteiger partial charge in [0.25, 0.3) is 0 Å². The molecule has 146 valence electrons. The molecule has 8 heteroatoms. The van der Waals surface area contributed by atoms with Crippen LogP contribution in [0, 0.1) is 5.92 Å². The lowest BCUT2D eigenvalue weighted by atomic mass is 10.0.